The number of nitrogens with zero attached hydrogens (tertiary/aromatic N) is 6. The lowest BCUT2D eigenvalue weighted by Crippen LogP contribution is -2.48. The maximum absolute atomic E-state index is 14.3. The minimum absolute atomic E-state index is 0.0108. The Hall–Kier alpha value is -7.37. The number of hydrogen-bond acceptors (Lipinski definition) is 14. The molecule has 0 amide bonds. The summed E-state index contributed by atoms with van der Waals surface area (Å²) in [7, 11) is 0. The van der Waals surface area contributed by atoms with Crippen molar-refractivity contribution in [2.45, 2.75) is 38.2 Å². The lowest BCUT2D eigenvalue weighted by atomic mass is 9.85. The highest BCUT2D eigenvalue weighted by Gasteiger charge is 2.54. The Balaban J connectivity index is 1.19. The highest BCUT2D eigenvalue weighted by Crippen LogP contribution is 2.53. The molecule has 0 bridgehead atoms. The van der Waals surface area contributed by atoms with Gasteiger partial charge in [-0.1, -0.05) is 30.3 Å². The second kappa shape index (κ2) is 10.8. The minimum atomic E-state index is -2.24. The zero-order valence-corrected chi connectivity index (χ0v) is 27.1. The van der Waals surface area contributed by atoms with Crippen LogP contribution >= 0.6 is 0 Å². The van der Waals surface area contributed by atoms with Gasteiger partial charge in [0.2, 0.25) is 5.60 Å². The molecule has 0 unspecified atom stereocenters. The monoisotopic (exact) mass is 716 g/mol. The standard InChI is InChI=1S/C35H20N6O12/c1-2-35(21-11-25-29-16(9-15-5-3-4-6-22(15)36-29)13-38(25)32(42)20(21)14-51-34(35)44)52-33(43)31-27-24(41(49)50)12-23(40(47)48)26-18-8-7-17(39(45)46)10-19(18)30(28(26)27)37-53-31/h3-12,31H,2,13-14H2,1H3/t31-,35+/m1/s1. The van der Waals surface area contributed by atoms with Gasteiger partial charge < -0.3 is 18.9 Å². The van der Waals surface area contributed by atoms with Gasteiger partial charge in [-0.15, -0.1) is 0 Å². The Kier molecular flexibility index (Phi) is 6.45. The summed E-state index contributed by atoms with van der Waals surface area (Å²) in [6.45, 7) is 1.29. The number of hydrogen-bond donors (Lipinski definition) is 0. The van der Waals surface area contributed by atoms with Gasteiger partial charge in [-0.25, -0.2) is 14.6 Å². The largest absolute Gasteiger partial charge is 0.457 e. The third-order valence-electron chi connectivity index (χ3n) is 10.1. The number of non-ortho nitro benzene ring substituents is 1. The Morgan fingerprint density at radius 1 is 0.962 bits per heavy atom. The molecule has 53 heavy (non-hydrogen) atoms. The molecule has 0 N–H and O–H groups in total. The molecule has 2 aromatic heterocycles. The molecule has 5 aromatic rings. The molecule has 0 saturated heterocycles. The minimum Gasteiger partial charge on any atom is -0.457 e. The van der Waals surface area contributed by atoms with E-state index in [1.807, 2.05) is 30.3 Å². The molecular formula is C35H20N6O12. The molecule has 262 valence electrons. The number of para-hydroxylation sites is 1. The highest BCUT2D eigenvalue weighted by atomic mass is 16.7. The fourth-order valence-corrected chi connectivity index (χ4v) is 7.67. The molecule has 4 aliphatic rings. The van der Waals surface area contributed by atoms with Crippen molar-refractivity contribution in [1.82, 2.24) is 9.55 Å². The van der Waals surface area contributed by atoms with E-state index in [1.165, 1.54) is 17.6 Å². The van der Waals surface area contributed by atoms with Crippen molar-refractivity contribution in [3.63, 3.8) is 0 Å². The van der Waals surface area contributed by atoms with Crippen LogP contribution in [-0.4, -0.2) is 42.0 Å². The predicted molar refractivity (Wildman–Crippen MR) is 180 cm³/mol. The van der Waals surface area contributed by atoms with E-state index in [1.54, 1.807) is 6.07 Å². The van der Waals surface area contributed by atoms with E-state index in [0.29, 0.717) is 23.0 Å². The van der Waals surface area contributed by atoms with Crippen LogP contribution in [0.3, 0.4) is 0 Å². The van der Waals surface area contributed by atoms with Crippen molar-refractivity contribution in [3.8, 4) is 22.5 Å². The molecular weight excluding hydrogens is 696 g/mol. The summed E-state index contributed by atoms with van der Waals surface area (Å²) < 4.78 is 12.9. The van der Waals surface area contributed by atoms with E-state index in [0.717, 1.165) is 23.1 Å². The van der Waals surface area contributed by atoms with Crippen LogP contribution in [-0.2, 0) is 42.7 Å². The molecule has 0 radical (unpaired) electrons. The number of fused-ring (bicyclic) bond motifs is 8. The maximum Gasteiger partial charge on any atom is 0.356 e. The van der Waals surface area contributed by atoms with Crippen molar-refractivity contribution >= 4 is 45.6 Å². The van der Waals surface area contributed by atoms with Crippen LogP contribution in [0, 0.1) is 30.3 Å². The van der Waals surface area contributed by atoms with Crippen molar-refractivity contribution in [1.29, 1.82) is 0 Å². The number of benzene rings is 3. The second-order valence-electron chi connectivity index (χ2n) is 12.7. The number of pyridine rings is 2. The smallest absolute Gasteiger partial charge is 0.356 e. The lowest BCUT2D eigenvalue weighted by Gasteiger charge is -2.36. The number of oxime groups is 1. The Morgan fingerprint density at radius 2 is 1.74 bits per heavy atom. The van der Waals surface area contributed by atoms with Gasteiger partial charge in [0.15, 0.2) is 0 Å². The average Bonchev–Trinajstić information content (AvgIpc) is 3.67. The lowest BCUT2D eigenvalue weighted by molar-refractivity contribution is -0.394. The van der Waals surface area contributed by atoms with Gasteiger partial charge >= 0.3 is 11.9 Å². The fourth-order valence-electron chi connectivity index (χ4n) is 7.67. The summed E-state index contributed by atoms with van der Waals surface area (Å²) >= 11 is 0. The Bertz CT molecular complexity index is 2720. The molecule has 18 nitrogen and oxygen atoms in total. The van der Waals surface area contributed by atoms with Gasteiger partial charge in [0, 0.05) is 39.8 Å². The van der Waals surface area contributed by atoms with Crippen LogP contribution in [0.5, 0.6) is 0 Å². The third-order valence-corrected chi connectivity index (χ3v) is 10.1. The number of rotatable bonds is 6. The molecule has 0 saturated carbocycles. The SMILES string of the molecule is CC[C@@]1(OC(=O)[C@@H]2ON=C3c4cc([N+](=O)[O-])ccc4-c4c([N+](=O)[O-])cc([N+](=O)[O-])c2c43)C(=O)OCc2c1cc1n(c2=O)Cc2cc3ccccc3nc2-1. The van der Waals surface area contributed by atoms with Gasteiger partial charge in [-0.3, -0.25) is 35.1 Å². The molecule has 18 heteroatoms. The van der Waals surface area contributed by atoms with Crippen LogP contribution in [0.2, 0.25) is 0 Å². The number of carbonyl (C=O) groups excluding carboxylic acids is 2. The van der Waals surface area contributed by atoms with Gasteiger partial charge in [0.1, 0.15) is 12.3 Å². The molecule has 0 spiro atoms. The number of aromatic nitrogens is 2. The molecule has 0 fully saturated rings. The van der Waals surface area contributed by atoms with Crippen LogP contribution in [0.4, 0.5) is 17.1 Å². The zero-order valence-electron chi connectivity index (χ0n) is 27.1. The number of cyclic esters (lactones) is 1. The number of nitro benzene ring substituents is 3. The van der Waals surface area contributed by atoms with Crippen molar-refractivity contribution in [2.75, 3.05) is 0 Å². The van der Waals surface area contributed by atoms with Crippen LogP contribution in [0.15, 0.2) is 70.6 Å². The van der Waals surface area contributed by atoms with Gasteiger partial charge in [-0.05, 0) is 36.2 Å². The zero-order chi connectivity index (χ0) is 37.1. The van der Waals surface area contributed by atoms with Crippen LogP contribution in [0.25, 0.3) is 33.4 Å². The third kappa shape index (κ3) is 4.22. The quantitative estimate of drug-likeness (QED) is 0.127. The second-order valence-corrected chi connectivity index (χ2v) is 12.7. The first-order valence-electron chi connectivity index (χ1n) is 16.0. The summed E-state index contributed by atoms with van der Waals surface area (Å²) in [4.78, 5) is 86.1. The van der Waals surface area contributed by atoms with E-state index in [9.17, 15) is 44.7 Å². The van der Waals surface area contributed by atoms with Crippen molar-refractivity contribution in [2.24, 2.45) is 5.16 Å². The molecule has 9 rings (SSSR count). The van der Waals surface area contributed by atoms with E-state index < -0.39 is 73.2 Å². The first-order chi connectivity index (χ1) is 25.4. The summed E-state index contributed by atoms with van der Waals surface area (Å²) in [6, 6.07) is 15.0. The van der Waals surface area contributed by atoms with Crippen molar-refractivity contribution < 1.29 is 38.7 Å². The normalized spacial score (nSPS) is 18.4. The fraction of sp³-hybridized carbons (Fsp3) is 0.171. The molecule has 3 aliphatic heterocycles. The summed E-state index contributed by atoms with van der Waals surface area (Å²) in [5.41, 5.74) is -3.35. The highest BCUT2D eigenvalue weighted by molar-refractivity contribution is 6.27. The van der Waals surface area contributed by atoms with E-state index in [2.05, 4.69) is 5.16 Å². The van der Waals surface area contributed by atoms with E-state index >= 15 is 0 Å². The maximum atomic E-state index is 14.3. The topological polar surface area (TPSA) is 238 Å². The Labute approximate surface area is 294 Å². The summed E-state index contributed by atoms with van der Waals surface area (Å²) in [5, 5.41) is 41.1. The average molecular weight is 717 g/mol. The van der Waals surface area contributed by atoms with Gasteiger partial charge in [-0.2, -0.15) is 0 Å². The van der Waals surface area contributed by atoms with Gasteiger partial charge in [0.25, 0.3) is 28.7 Å². The molecule has 5 heterocycles. The summed E-state index contributed by atoms with van der Waals surface area (Å²) in [6.07, 6.45) is -2.30. The number of nitro groups is 3. The van der Waals surface area contributed by atoms with Gasteiger partial charge in [0.05, 0.1) is 61.0 Å². The molecule has 2 atom stereocenters. The van der Waals surface area contributed by atoms with E-state index in [4.69, 9.17) is 19.3 Å². The summed E-state index contributed by atoms with van der Waals surface area (Å²) in [5.74, 6) is -2.37. The number of ether oxygens (including phenoxy) is 2. The molecule has 1 aliphatic carbocycles. The van der Waals surface area contributed by atoms with Crippen LogP contribution < -0.4 is 5.56 Å². The first-order valence-corrected chi connectivity index (χ1v) is 16.0. The molecule has 3 aromatic carbocycles. The first kappa shape index (κ1) is 31.6. The number of esters is 2. The predicted octanol–water partition coefficient (Wildman–Crippen LogP) is 4.86. The van der Waals surface area contributed by atoms with E-state index in [-0.39, 0.29) is 52.1 Å². The van der Waals surface area contributed by atoms with Crippen molar-refractivity contribution in [3.05, 3.63) is 135 Å². The Morgan fingerprint density at radius 3 is 2.47 bits per heavy atom. The van der Waals surface area contributed by atoms with Crippen LogP contribution in [0.1, 0.15) is 52.8 Å². The number of carbonyl (C=O) groups is 2.